The fraction of sp³-hybridized carbons (Fsp3) is 0.900. The summed E-state index contributed by atoms with van der Waals surface area (Å²) in [5.41, 5.74) is 1.58. The Morgan fingerprint density at radius 1 is 0.939 bits per heavy atom. The van der Waals surface area contributed by atoms with Gasteiger partial charge in [-0.15, -0.1) is 0 Å². The molecule has 5 aliphatic rings. The molecule has 8 unspecified atom stereocenters. The molecule has 3 nitrogen and oxygen atoms in total. The standard InChI is InChI=1S/C30H48O3/c1-25(2)12-14-30(18-31)15-13-27(5)19(20(30)17-25)8-9-22-28(27,6)11-10-21-26(3,4)23(32)16-24(33)29(21,22)7/h8,20-23,31-32H,9-18H2,1-7H3. The predicted octanol–water partition coefficient (Wildman–Crippen LogP) is 6.32. The smallest absolute Gasteiger partial charge is 0.141 e. The predicted molar refractivity (Wildman–Crippen MR) is 133 cm³/mol. The molecular weight excluding hydrogens is 408 g/mol. The van der Waals surface area contributed by atoms with Gasteiger partial charge in [-0.1, -0.05) is 60.1 Å². The zero-order chi connectivity index (χ0) is 24.2. The lowest BCUT2D eigenvalue weighted by molar-refractivity contribution is -0.203. The highest BCUT2D eigenvalue weighted by Crippen LogP contribution is 2.75. The second-order valence-electron chi connectivity index (χ2n) is 15.0. The van der Waals surface area contributed by atoms with Gasteiger partial charge in [0, 0.05) is 23.9 Å². The normalized spacial score (nSPS) is 52.6. The van der Waals surface area contributed by atoms with E-state index in [0.29, 0.717) is 36.1 Å². The summed E-state index contributed by atoms with van der Waals surface area (Å²) >= 11 is 0. The van der Waals surface area contributed by atoms with Crippen LogP contribution in [0.4, 0.5) is 0 Å². The monoisotopic (exact) mass is 456 g/mol. The van der Waals surface area contributed by atoms with Gasteiger partial charge in [0.05, 0.1) is 6.10 Å². The van der Waals surface area contributed by atoms with Gasteiger partial charge in [-0.2, -0.15) is 0 Å². The van der Waals surface area contributed by atoms with Crippen molar-refractivity contribution >= 4 is 5.78 Å². The van der Waals surface area contributed by atoms with E-state index in [9.17, 15) is 15.0 Å². The van der Waals surface area contributed by atoms with Crippen molar-refractivity contribution in [2.24, 2.45) is 50.2 Å². The molecule has 2 N–H and O–H groups in total. The molecule has 0 aliphatic heterocycles. The topological polar surface area (TPSA) is 57.5 Å². The third kappa shape index (κ3) is 2.85. The molecular formula is C30H48O3. The van der Waals surface area contributed by atoms with Gasteiger partial charge < -0.3 is 10.2 Å². The molecule has 0 aromatic heterocycles. The lowest BCUT2D eigenvalue weighted by Gasteiger charge is -2.70. The minimum Gasteiger partial charge on any atom is -0.396 e. The van der Waals surface area contributed by atoms with E-state index in [4.69, 9.17) is 0 Å². The molecule has 0 heterocycles. The average Bonchev–Trinajstić information content (AvgIpc) is 2.73. The minimum atomic E-state index is -0.526. The number of aliphatic hydroxyl groups is 2. The van der Waals surface area contributed by atoms with Crippen molar-refractivity contribution in [3.8, 4) is 0 Å². The van der Waals surface area contributed by atoms with Gasteiger partial charge in [-0.3, -0.25) is 4.79 Å². The van der Waals surface area contributed by atoms with Crippen molar-refractivity contribution in [2.75, 3.05) is 6.61 Å². The quantitative estimate of drug-likeness (QED) is 0.454. The van der Waals surface area contributed by atoms with Gasteiger partial charge in [0.2, 0.25) is 0 Å². The van der Waals surface area contributed by atoms with Gasteiger partial charge in [0.25, 0.3) is 0 Å². The van der Waals surface area contributed by atoms with Crippen LogP contribution in [-0.4, -0.2) is 28.7 Å². The van der Waals surface area contributed by atoms with E-state index >= 15 is 0 Å². The molecule has 8 atom stereocenters. The maximum atomic E-state index is 13.7. The van der Waals surface area contributed by atoms with Crippen LogP contribution in [0.15, 0.2) is 11.6 Å². The summed E-state index contributed by atoms with van der Waals surface area (Å²) < 4.78 is 0. The van der Waals surface area contributed by atoms with Crippen LogP contribution in [0, 0.1) is 50.2 Å². The highest BCUT2D eigenvalue weighted by Gasteiger charge is 2.70. The molecule has 0 aromatic carbocycles. The molecule has 0 radical (unpaired) electrons. The Morgan fingerprint density at radius 3 is 2.27 bits per heavy atom. The van der Waals surface area contributed by atoms with E-state index in [0.717, 1.165) is 38.5 Å². The van der Waals surface area contributed by atoms with Crippen LogP contribution in [0.25, 0.3) is 0 Å². The molecule has 3 heteroatoms. The zero-order valence-corrected chi connectivity index (χ0v) is 22.3. The Kier molecular flexibility index (Phi) is 5.07. The number of Topliss-reactive ketones (excluding diaryl/α,β-unsaturated/α-hetero) is 1. The molecule has 0 amide bonds. The Hall–Kier alpha value is -0.670. The first-order chi connectivity index (χ1) is 15.2. The first-order valence-electron chi connectivity index (χ1n) is 13.7. The van der Waals surface area contributed by atoms with E-state index in [-0.39, 0.29) is 33.0 Å². The number of carbonyl (C=O) groups is 1. The summed E-state index contributed by atoms with van der Waals surface area (Å²) in [6, 6.07) is 0. The Labute approximate surface area is 201 Å². The number of ketones is 1. The average molecular weight is 457 g/mol. The number of allylic oxidation sites excluding steroid dienone is 2. The molecule has 4 saturated carbocycles. The minimum absolute atomic E-state index is 0.0535. The van der Waals surface area contributed by atoms with Crippen molar-refractivity contribution < 1.29 is 15.0 Å². The Morgan fingerprint density at radius 2 is 1.61 bits per heavy atom. The maximum absolute atomic E-state index is 13.7. The number of aliphatic hydroxyl groups excluding tert-OH is 2. The Balaban J connectivity index is 1.61. The van der Waals surface area contributed by atoms with Crippen molar-refractivity contribution in [3.63, 3.8) is 0 Å². The van der Waals surface area contributed by atoms with E-state index in [1.54, 1.807) is 5.57 Å². The number of rotatable bonds is 1. The molecule has 5 rings (SSSR count). The van der Waals surface area contributed by atoms with Crippen LogP contribution in [0.1, 0.15) is 106 Å². The van der Waals surface area contributed by atoms with Crippen LogP contribution >= 0.6 is 0 Å². The molecule has 0 saturated heterocycles. The first-order valence-corrected chi connectivity index (χ1v) is 13.7. The van der Waals surface area contributed by atoms with E-state index in [1.165, 1.54) is 12.8 Å². The maximum Gasteiger partial charge on any atom is 0.141 e. The van der Waals surface area contributed by atoms with Gasteiger partial charge in [0.1, 0.15) is 5.78 Å². The lowest BCUT2D eigenvalue weighted by atomic mass is 9.33. The number of fused-ring (bicyclic) bond motifs is 7. The summed E-state index contributed by atoms with van der Waals surface area (Å²) in [4.78, 5) is 13.7. The summed E-state index contributed by atoms with van der Waals surface area (Å²) in [7, 11) is 0. The van der Waals surface area contributed by atoms with Gasteiger partial charge in [-0.05, 0) is 90.8 Å². The molecule has 0 bridgehead atoms. The highest BCUT2D eigenvalue weighted by atomic mass is 16.3. The van der Waals surface area contributed by atoms with E-state index in [1.807, 2.05) is 0 Å². The van der Waals surface area contributed by atoms with Crippen LogP contribution in [-0.2, 0) is 4.79 Å². The third-order valence-electron chi connectivity index (χ3n) is 13.0. The number of hydrogen-bond acceptors (Lipinski definition) is 3. The van der Waals surface area contributed by atoms with Crippen LogP contribution in [0.5, 0.6) is 0 Å². The lowest BCUT2D eigenvalue weighted by Crippen LogP contribution is -2.67. The van der Waals surface area contributed by atoms with Crippen LogP contribution in [0.2, 0.25) is 0 Å². The second-order valence-corrected chi connectivity index (χ2v) is 15.0. The summed E-state index contributed by atoms with van der Waals surface area (Å²) in [5, 5.41) is 21.5. The van der Waals surface area contributed by atoms with Gasteiger partial charge in [0.15, 0.2) is 0 Å². The third-order valence-corrected chi connectivity index (χ3v) is 13.0. The SMILES string of the molecule is CC1(C)CCC2(CO)CCC3(C)C(=CCC4C5(C)C(=O)CC(O)C(C)(C)C5CCC43C)C2C1. The Bertz CT molecular complexity index is 885. The van der Waals surface area contributed by atoms with Crippen LogP contribution in [0.3, 0.4) is 0 Å². The summed E-state index contributed by atoms with van der Waals surface area (Å²) in [5.74, 6) is 1.34. The fourth-order valence-corrected chi connectivity index (χ4v) is 10.3. The fourth-order valence-electron chi connectivity index (χ4n) is 10.3. The molecule has 0 aromatic rings. The molecule has 5 aliphatic carbocycles. The number of carbonyl (C=O) groups excluding carboxylic acids is 1. The highest BCUT2D eigenvalue weighted by molar-refractivity contribution is 5.87. The molecule has 4 fully saturated rings. The largest absolute Gasteiger partial charge is 0.396 e. The summed E-state index contributed by atoms with van der Waals surface area (Å²) in [6.07, 6.45) is 11.2. The van der Waals surface area contributed by atoms with Crippen LogP contribution < -0.4 is 0 Å². The first kappa shape index (κ1) is 24.0. The van der Waals surface area contributed by atoms with Crippen molar-refractivity contribution in [1.82, 2.24) is 0 Å². The van der Waals surface area contributed by atoms with E-state index in [2.05, 4.69) is 54.5 Å². The molecule has 33 heavy (non-hydrogen) atoms. The number of hydrogen-bond donors (Lipinski definition) is 2. The second kappa shape index (κ2) is 6.96. The van der Waals surface area contributed by atoms with Crippen molar-refractivity contribution in [1.29, 1.82) is 0 Å². The molecule has 186 valence electrons. The zero-order valence-electron chi connectivity index (χ0n) is 22.3. The van der Waals surface area contributed by atoms with Crippen molar-refractivity contribution in [2.45, 2.75) is 112 Å². The van der Waals surface area contributed by atoms with E-state index < -0.39 is 6.10 Å². The van der Waals surface area contributed by atoms with Gasteiger partial charge in [-0.25, -0.2) is 0 Å². The summed E-state index contributed by atoms with van der Waals surface area (Å²) in [6.45, 7) is 16.8. The molecule has 0 spiro atoms. The van der Waals surface area contributed by atoms with Gasteiger partial charge >= 0.3 is 0 Å². The van der Waals surface area contributed by atoms with Crippen molar-refractivity contribution in [3.05, 3.63) is 11.6 Å².